The highest BCUT2D eigenvalue weighted by molar-refractivity contribution is 7.80. The summed E-state index contributed by atoms with van der Waals surface area (Å²) in [5.74, 6) is 2.25. The van der Waals surface area contributed by atoms with Crippen LogP contribution in [-0.2, 0) is 6.54 Å². The Balaban J connectivity index is 1.53. The SMILES string of the molecule is Cc1ccc(C)c(NC(=S)N(Cc2ccc3c(c2)OCO3)CC2CC=CCC2)c1. The Labute approximate surface area is 178 Å². The molecular weight excluding hydrogens is 380 g/mol. The summed E-state index contributed by atoms with van der Waals surface area (Å²) in [6.45, 7) is 6.19. The summed E-state index contributed by atoms with van der Waals surface area (Å²) in [5.41, 5.74) is 4.67. The number of ether oxygens (including phenoxy) is 2. The van der Waals surface area contributed by atoms with Crippen LogP contribution in [0.2, 0.25) is 0 Å². The third-order valence-electron chi connectivity index (χ3n) is 5.59. The molecule has 2 aromatic rings. The van der Waals surface area contributed by atoms with Crippen molar-refractivity contribution in [1.82, 2.24) is 4.90 Å². The lowest BCUT2D eigenvalue weighted by atomic mass is 9.94. The number of nitrogens with one attached hydrogen (secondary N) is 1. The predicted octanol–water partition coefficient (Wildman–Crippen LogP) is 5.59. The maximum atomic E-state index is 5.87. The van der Waals surface area contributed by atoms with E-state index in [0.29, 0.717) is 12.7 Å². The van der Waals surface area contributed by atoms with E-state index >= 15 is 0 Å². The first-order valence-electron chi connectivity index (χ1n) is 10.2. The second-order valence-corrected chi connectivity index (χ2v) is 8.35. The van der Waals surface area contributed by atoms with Gasteiger partial charge in [-0.25, -0.2) is 0 Å². The van der Waals surface area contributed by atoms with Gasteiger partial charge in [0.1, 0.15) is 0 Å². The van der Waals surface area contributed by atoms with E-state index in [1.807, 2.05) is 6.07 Å². The highest BCUT2D eigenvalue weighted by Crippen LogP contribution is 2.33. The van der Waals surface area contributed by atoms with E-state index in [4.69, 9.17) is 21.7 Å². The van der Waals surface area contributed by atoms with Gasteiger partial charge in [0.15, 0.2) is 16.6 Å². The molecule has 1 aliphatic heterocycles. The highest BCUT2D eigenvalue weighted by atomic mass is 32.1. The Hall–Kier alpha value is -2.53. The van der Waals surface area contributed by atoms with Gasteiger partial charge in [0.05, 0.1) is 0 Å². The van der Waals surface area contributed by atoms with Crippen LogP contribution in [-0.4, -0.2) is 23.4 Å². The number of anilines is 1. The van der Waals surface area contributed by atoms with Gasteiger partial charge in [0, 0.05) is 18.8 Å². The van der Waals surface area contributed by atoms with Gasteiger partial charge in [-0.15, -0.1) is 0 Å². The second kappa shape index (κ2) is 8.87. The zero-order valence-electron chi connectivity index (χ0n) is 17.1. The summed E-state index contributed by atoms with van der Waals surface area (Å²) < 4.78 is 11.0. The van der Waals surface area contributed by atoms with Gasteiger partial charge in [-0.05, 0) is 86.1 Å². The van der Waals surface area contributed by atoms with Crippen molar-refractivity contribution in [1.29, 1.82) is 0 Å². The van der Waals surface area contributed by atoms with Gasteiger partial charge in [-0.3, -0.25) is 0 Å². The Bertz CT molecular complexity index is 925. The first-order valence-corrected chi connectivity index (χ1v) is 10.7. The van der Waals surface area contributed by atoms with Crippen LogP contribution in [0.5, 0.6) is 11.5 Å². The zero-order valence-corrected chi connectivity index (χ0v) is 17.9. The summed E-state index contributed by atoms with van der Waals surface area (Å²) in [6.07, 6.45) is 8.06. The van der Waals surface area contributed by atoms with Crippen LogP contribution in [0.25, 0.3) is 0 Å². The molecule has 1 atom stereocenters. The second-order valence-electron chi connectivity index (χ2n) is 7.97. The predicted molar refractivity (Wildman–Crippen MR) is 122 cm³/mol. The largest absolute Gasteiger partial charge is 0.454 e. The van der Waals surface area contributed by atoms with Crippen molar-refractivity contribution >= 4 is 23.0 Å². The van der Waals surface area contributed by atoms with Crippen LogP contribution in [0, 0.1) is 19.8 Å². The summed E-state index contributed by atoms with van der Waals surface area (Å²) in [4.78, 5) is 2.29. The standard InChI is InChI=1S/C24H28N2O2S/c1-17-8-9-18(2)21(12-17)25-24(29)26(14-19-6-4-3-5-7-19)15-20-10-11-22-23(13-20)28-16-27-22/h3-4,8-13,19H,5-7,14-16H2,1-2H3,(H,25,29). The molecule has 152 valence electrons. The molecule has 1 unspecified atom stereocenters. The Morgan fingerprint density at radius 2 is 1.97 bits per heavy atom. The maximum absolute atomic E-state index is 5.87. The number of aryl methyl sites for hydroxylation is 2. The van der Waals surface area contributed by atoms with Crippen LogP contribution in [0.15, 0.2) is 48.6 Å². The molecule has 0 bridgehead atoms. The van der Waals surface area contributed by atoms with E-state index in [0.717, 1.165) is 48.2 Å². The number of benzene rings is 2. The number of fused-ring (bicyclic) bond motifs is 1. The van der Waals surface area contributed by atoms with Crippen molar-refractivity contribution in [3.8, 4) is 11.5 Å². The van der Waals surface area contributed by atoms with Gasteiger partial charge in [-0.2, -0.15) is 0 Å². The fraction of sp³-hybridized carbons (Fsp3) is 0.375. The molecule has 0 saturated carbocycles. The average Bonchev–Trinajstić information content (AvgIpc) is 3.19. The molecule has 2 aliphatic rings. The van der Waals surface area contributed by atoms with Gasteiger partial charge in [-0.1, -0.05) is 30.4 Å². The third-order valence-corrected chi connectivity index (χ3v) is 5.95. The highest BCUT2D eigenvalue weighted by Gasteiger charge is 2.20. The fourth-order valence-electron chi connectivity index (χ4n) is 3.88. The summed E-state index contributed by atoms with van der Waals surface area (Å²) in [7, 11) is 0. The minimum Gasteiger partial charge on any atom is -0.454 e. The van der Waals surface area contributed by atoms with E-state index in [2.05, 4.69) is 66.5 Å². The van der Waals surface area contributed by atoms with E-state index in [-0.39, 0.29) is 0 Å². The average molecular weight is 409 g/mol. The molecule has 0 radical (unpaired) electrons. The van der Waals surface area contributed by atoms with Crippen LogP contribution < -0.4 is 14.8 Å². The van der Waals surface area contributed by atoms with Gasteiger partial charge in [0.25, 0.3) is 0 Å². The molecule has 0 spiro atoms. The summed E-state index contributed by atoms with van der Waals surface area (Å²) in [5, 5.41) is 4.27. The molecule has 4 rings (SSSR count). The summed E-state index contributed by atoms with van der Waals surface area (Å²) >= 11 is 5.87. The molecule has 1 heterocycles. The van der Waals surface area contributed by atoms with Crippen LogP contribution in [0.1, 0.15) is 36.0 Å². The van der Waals surface area contributed by atoms with Gasteiger partial charge < -0.3 is 19.7 Å². The molecule has 1 aliphatic carbocycles. The lowest BCUT2D eigenvalue weighted by molar-refractivity contribution is 0.174. The van der Waals surface area contributed by atoms with Crippen molar-refractivity contribution in [3.05, 3.63) is 65.2 Å². The first kappa shape index (κ1) is 19.8. The minimum absolute atomic E-state index is 0.295. The molecule has 0 amide bonds. The Morgan fingerprint density at radius 1 is 1.10 bits per heavy atom. The molecule has 0 fully saturated rings. The topological polar surface area (TPSA) is 33.7 Å². The lowest BCUT2D eigenvalue weighted by Gasteiger charge is -2.31. The van der Waals surface area contributed by atoms with E-state index < -0.39 is 0 Å². The van der Waals surface area contributed by atoms with E-state index in [1.165, 1.54) is 23.1 Å². The molecular formula is C24H28N2O2S. The van der Waals surface area contributed by atoms with Crippen LogP contribution in [0.3, 0.4) is 0 Å². The molecule has 2 aromatic carbocycles. The minimum atomic E-state index is 0.295. The normalized spacial score (nSPS) is 17.2. The van der Waals surface area contributed by atoms with E-state index in [1.54, 1.807) is 0 Å². The molecule has 4 nitrogen and oxygen atoms in total. The van der Waals surface area contributed by atoms with Crippen molar-refractivity contribution in [2.75, 3.05) is 18.7 Å². The zero-order chi connectivity index (χ0) is 20.2. The Morgan fingerprint density at radius 3 is 2.79 bits per heavy atom. The van der Waals surface area contributed by atoms with Crippen molar-refractivity contribution in [2.24, 2.45) is 5.92 Å². The number of hydrogen-bond acceptors (Lipinski definition) is 3. The smallest absolute Gasteiger partial charge is 0.231 e. The molecule has 0 saturated heterocycles. The number of rotatable bonds is 5. The molecule has 29 heavy (non-hydrogen) atoms. The van der Waals surface area contributed by atoms with Crippen molar-refractivity contribution in [3.63, 3.8) is 0 Å². The number of allylic oxidation sites excluding steroid dienone is 2. The van der Waals surface area contributed by atoms with Crippen molar-refractivity contribution in [2.45, 2.75) is 39.7 Å². The number of nitrogens with zero attached hydrogens (tertiary/aromatic N) is 1. The first-order chi connectivity index (χ1) is 14.1. The summed E-state index contributed by atoms with van der Waals surface area (Å²) in [6, 6.07) is 12.6. The number of thiocarbonyl (C=S) groups is 1. The molecule has 5 heteroatoms. The monoisotopic (exact) mass is 408 g/mol. The van der Waals surface area contributed by atoms with Gasteiger partial charge >= 0.3 is 0 Å². The molecule has 0 aromatic heterocycles. The maximum Gasteiger partial charge on any atom is 0.231 e. The molecule has 1 N–H and O–H groups in total. The van der Waals surface area contributed by atoms with Crippen LogP contribution in [0.4, 0.5) is 5.69 Å². The van der Waals surface area contributed by atoms with E-state index in [9.17, 15) is 0 Å². The lowest BCUT2D eigenvalue weighted by Crippen LogP contribution is -2.38. The Kier molecular flexibility index (Phi) is 6.05. The van der Waals surface area contributed by atoms with Crippen molar-refractivity contribution < 1.29 is 9.47 Å². The van der Waals surface area contributed by atoms with Gasteiger partial charge in [0.2, 0.25) is 6.79 Å². The number of hydrogen-bond donors (Lipinski definition) is 1. The third kappa shape index (κ3) is 4.91. The fourth-order valence-corrected chi connectivity index (χ4v) is 4.13. The van der Waals surface area contributed by atoms with Crippen LogP contribution >= 0.6 is 12.2 Å². The quantitative estimate of drug-likeness (QED) is 0.515.